The van der Waals surface area contributed by atoms with E-state index < -0.39 is 17.6 Å². The molecule has 1 saturated heterocycles. The van der Waals surface area contributed by atoms with Crippen LogP contribution >= 0.6 is 11.6 Å². The number of piperidine rings is 1. The monoisotopic (exact) mass is 428 g/mol. The van der Waals surface area contributed by atoms with E-state index in [1.165, 1.54) is 0 Å². The van der Waals surface area contributed by atoms with Crippen molar-refractivity contribution in [1.82, 2.24) is 14.9 Å². The van der Waals surface area contributed by atoms with Crippen molar-refractivity contribution in [3.05, 3.63) is 47.4 Å². The fraction of sp³-hybridized carbons (Fsp3) is 0.421. The fourth-order valence-corrected chi connectivity index (χ4v) is 3.23. The molecule has 0 saturated carbocycles. The van der Waals surface area contributed by atoms with Crippen LogP contribution in [0.5, 0.6) is 5.88 Å². The molecule has 29 heavy (non-hydrogen) atoms. The number of anilines is 1. The van der Waals surface area contributed by atoms with E-state index in [1.807, 2.05) is 4.90 Å². The summed E-state index contributed by atoms with van der Waals surface area (Å²) in [5, 5.41) is 2.54. The Morgan fingerprint density at radius 2 is 2.03 bits per heavy atom. The van der Waals surface area contributed by atoms with Gasteiger partial charge in [-0.2, -0.15) is 13.2 Å². The van der Waals surface area contributed by atoms with Crippen molar-refractivity contribution < 1.29 is 22.7 Å². The van der Waals surface area contributed by atoms with Crippen molar-refractivity contribution in [2.75, 3.05) is 31.6 Å². The van der Waals surface area contributed by atoms with E-state index in [2.05, 4.69) is 15.3 Å². The number of hydrogen-bond donors (Lipinski definition) is 1. The lowest BCUT2D eigenvalue weighted by atomic mass is 9.98. The van der Waals surface area contributed by atoms with Gasteiger partial charge in [-0.05, 0) is 50.0 Å². The summed E-state index contributed by atoms with van der Waals surface area (Å²) < 4.78 is 44.1. The van der Waals surface area contributed by atoms with Crippen LogP contribution < -0.4 is 10.1 Å². The number of hydrogen-bond acceptors (Lipinski definition) is 5. The normalized spacial score (nSPS) is 15.9. The molecule has 0 radical (unpaired) electrons. The van der Waals surface area contributed by atoms with Gasteiger partial charge < -0.3 is 10.1 Å². The second-order valence-corrected chi connectivity index (χ2v) is 7.22. The van der Waals surface area contributed by atoms with Gasteiger partial charge in [-0.1, -0.05) is 11.6 Å². The lowest BCUT2D eigenvalue weighted by Gasteiger charge is -2.31. The SMILES string of the molecule is O=C(CN1CCC(COc2cnccn2)CC1)Nc1cc(C(F)(F)F)ccc1Cl. The molecule has 0 bridgehead atoms. The van der Waals surface area contributed by atoms with Crippen molar-refractivity contribution in [3.8, 4) is 5.88 Å². The predicted molar refractivity (Wildman–Crippen MR) is 102 cm³/mol. The number of likely N-dealkylation sites (tertiary alicyclic amines) is 1. The first-order chi connectivity index (χ1) is 13.8. The first-order valence-corrected chi connectivity index (χ1v) is 9.47. The lowest BCUT2D eigenvalue weighted by Crippen LogP contribution is -2.40. The maximum absolute atomic E-state index is 12.8. The van der Waals surface area contributed by atoms with Crippen LogP contribution in [0, 0.1) is 5.92 Å². The molecule has 1 N–H and O–H groups in total. The molecule has 0 unspecified atom stereocenters. The van der Waals surface area contributed by atoms with Crippen molar-refractivity contribution in [3.63, 3.8) is 0 Å². The molecule has 10 heteroatoms. The van der Waals surface area contributed by atoms with E-state index in [9.17, 15) is 18.0 Å². The summed E-state index contributed by atoms with van der Waals surface area (Å²) in [5.41, 5.74) is -0.903. The van der Waals surface area contributed by atoms with E-state index in [4.69, 9.17) is 16.3 Å². The minimum absolute atomic E-state index is 0.0428. The number of ether oxygens (including phenoxy) is 1. The van der Waals surface area contributed by atoms with E-state index in [0.29, 0.717) is 31.5 Å². The molecule has 3 rings (SSSR count). The van der Waals surface area contributed by atoms with Gasteiger partial charge in [-0.25, -0.2) is 4.98 Å². The highest BCUT2D eigenvalue weighted by Crippen LogP contribution is 2.33. The number of nitrogens with one attached hydrogen (secondary N) is 1. The number of nitrogens with zero attached hydrogens (tertiary/aromatic N) is 3. The molecular formula is C19H20ClF3N4O2. The molecule has 1 amide bonds. The molecule has 0 atom stereocenters. The zero-order valence-electron chi connectivity index (χ0n) is 15.5. The van der Waals surface area contributed by atoms with Gasteiger partial charge in [0.2, 0.25) is 11.8 Å². The van der Waals surface area contributed by atoms with E-state index in [0.717, 1.165) is 31.0 Å². The molecular weight excluding hydrogens is 409 g/mol. The van der Waals surface area contributed by atoms with Crippen LogP contribution in [0.1, 0.15) is 18.4 Å². The van der Waals surface area contributed by atoms with Crippen LogP contribution in [0.2, 0.25) is 5.02 Å². The molecule has 1 aliphatic heterocycles. The molecule has 156 valence electrons. The van der Waals surface area contributed by atoms with Gasteiger partial charge in [0, 0.05) is 12.4 Å². The molecule has 1 fully saturated rings. The molecule has 1 aliphatic rings. The Morgan fingerprint density at radius 1 is 1.28 bits per heavy atom. The molecule has 6 nitrogen and oxygen atoms in total. The first-order valence-electron chi connectivity index (χ1n) is 9.09. The average Bonchev–Trinajstić information content (AvgIpc) is 2.69. The van der Waals surface area contributed by atoms with Gasteiger partial charge in [0.1, 0.15) is 0 Å². The molecule has 1 aromatic carbocycles. The zero-order valence-corrected chi connectivity index (χ0v) is 16.2. The number of amides is 1. The number of halogens is 4. The van der Waals surface area contributed by atoms with Crippen LogP contribution in [0.4, 0.5) is 18.9 Å². The first kappa shape index (κ1) is 21.3. The zero-order chi connectivity index (χ0) is 20.9. The summed E-state index contributed by atoms with van der Waals surface area (Å²) in [7, 11) is 0. The largest absolute Gasteiger partial charge is 0.476 e. The highest BCUT2D eigenvalue weighted by molar-refractivity contribution is 6.33. The molecule has 2 heterocycles. The number of carbonyl (C=O) groups excluding carboxylic acids is 1. The van der Waals surface area contributed by atoms with Crippen molar-refractivity contribution in [2.45, 2.75) is 19.0 Å². The maximum Gasteiger partial charge on any atom is 0.416 e. The number of benzene rings is 1. The maximum atomic E-state index is 12.8. The topological polar surface area (TPSA) is 67.4 Å². The number of aromatic nitrogens is 2. The smallest absolute Gasteiger partial charge is 0.416 e. The number of carbonyl (C=O) groups is 1. The Labute approximate surface area is 171 Å². The van der Waals surface area contributed by atoms with E-state index in [-0.39, 0.29) is 17.3 Å². The van der Waals surface area contributed by atoms with Crippen LogP contribution in [-0.4, -0.2) is 47.0 Å². The van der Waals surface area contributed by atoms with Gasteiger partial charge in [0.05, 0.1) is 35.6 Å². The van der Waals surface area contributed by atoms with Crippen LogP contribution in [0.15, 0.2) is 36.8 Å². The number of rotatable bonds is 6. The summed E-state index contributed by atoms with van der Waals surface area (Å²) >= 11 is 5.92. The Balaban J connectivity index is 1.45. The molecule has 1 aromatic heterocycles. The second-order valence-electron chi connectivity index (χ2n) is 6.81. The third-order valence-corrected chi connectivity index (χ3v) is 4.98. The predicted octanol–water partition coefficient (Wildman–Crippen LogP) is 3.88. The van der Waals surface area contributed by atoms with Crippen molar-refractivity contribution >= 4 is 23.2 Å². The van der Waals surface area contributed by atoms with E-state index in [1.54, 1.807) is 18.6 Å². The second kappa shape index (κ2) is 9.41. The average molecular weight is 429 g/mol. The Hall–Kier alpha value is -2.39. The van der Waals surface area contributed by atoms with Crippen LogP contribution in [0.3, 0.4) is 0 Å². The third kappa shape index (κ3) is 6.30. The molecule has 0 aliphatic carbocycles. The highest BCUT2D eigenvalue weighted by atomic mass is 35.5. The third-order valence-electron chi connectivity index (χ3n) is 4.65. The minimum Gasteiger partial charge on any atom is -0.476 e. The van der Waals surface area contributed by atoms with Crippen molar-refractivity contribution in [1.29, 1.82) is 0 Å². The summed E-state index contributed by atoms with van der Waals surface area (Å²) in [5.74, 6) is 0.419. The van der Waals surface area contributed by atoms with Gasteiger partial charge in [-0.15, -0.1) is 0 Å². The Morgan fingerprint density at radius 3 is 2.69 bits per heavy atom. The summed E-state index contributed by atoms with van der Waals surface area (Å²) in [6.45, 7) is 2.00. The van der Waals surface area contributed by atoms with Crippen molar-refractivity contribution in [2.24, 2.45) is 5.92 Å². The van der Waals surface area contributed by atoms with Gasteiger partial charge in [0.25, 0.3) is 0 Å². The summed E-state index contributed by atoms with van der Waals surface area (Å²) in [6.07, 6.45) is 1.88. The minimum atomic E-state index is -4.50. The summed E-state index contributed by atoms with van der Waals surface area (Å²) in [6, 6.07) is 2.85. The van der Waals surface area contributed by atoms with Crippen LogP contribution in [0.25, 0.3) is 0 Å². The Bertz CT molecular complexity index is 828. The lowest BCUT2D eigenvalue weighted by molar-refractivity contribution is -0.137. The Kier molecular flexibility index (Phi) is 6.92. The fourth-order valence-electron chi connectivity index (χ4n) is 3.06. The highest BCUT2D eigenvalue weighted by Gasteiger charge is 2.31. The standard InChI is InChI=1S/C19H20ClF3N4O2/c20-15-2-1-14(19(21,22)23)9-16(15)26-17(28)11-27-7-3-13(4-8-27)12-29-18-10-24-5-6-25-18/h1-2,5-6,9-10,13H,3-4,7-8,11-12H2,(H,26,28). The number of alkyl halides is 3. The van der Waals surface area contributed by atoms with E-state index >= 15 is 0 Å². The van der Waals surface area contributed by atoms with Gasteiger partial charge >= 0.3 is 6.18 Å². The van der Waals surface area contributed by atoms with Gasteiger partial charge in [0.15, 0.2) is 0 Å². The summed E-state index contributed by atoms with van der Waals surface area (Å²) in [4.78, 5) is 22.2. The van der Waals surface area contributed by atoms with Crippen LogP contribution in [-0.2, 0) is 11.0 Å². The molecule has 2 aromatic rings. The quantitative estimate of drug-likeness (QED) is 0.756. The molecule has 0 spiro atoms. The van der Waals surface area contributed by atoms with Gasteiger partial charge in [-0.3, -0.25) is 14.7 Å².